The maximum atomic E-state index is 12.1. The van der Waals surface area contributed by atoms with Crippen molar-refractivity contribution in [2.24, 2.45) is 5.16 Å². The second-order valence-electron chi connectivity index (χ2n) is 4.46. The van der Waals surface area contributed by atoms with E-state index in [0.29, 0.717) is 29.1 Å². The van der Waals surface area contributed by atoms with Crippen molar-refractivity contribution in [2.75, 3.05) is 6.61 Å². The third-order valence-electron chi connectivity index (χ3n) is 2.92. The zero-order chi connectivity index (χ0) is 15.4. The standard InChI is InChI=1S/C15H16ClNO4/c1-3-5-11(17-20-4-2)13-14(18)10-7-6-9(16)8-12(10)21-15(13)19/h6-8,18H,3-5H2,1-2H3/b17-11+. The van der Waals surface area contributed by atoms with E-state index in [0.717, 1.165) is 6.42 Å². The van der Waals surface area contributed by atoms with Gasteiger partial charge in [0.2, 0.25) is 0 Å². The average molecular weight is 310 g/mol. The Bertz CT molecular complexity index is 736. The fourth-order valence-corrected chi connectivity index (χ4v) is 2.17. The van der Waals surface area contributed by atoms with Crippen molar-refractivity contribution in [3.8, 4) is 5.75 Å². The fourth-order valence-electron chi connectivity index (χ4n) is 2.01. The first-order chi connectivity index (χ1) is 10.1. The Balaban J connectivity index is 2.67. The first-order valence-corrected chi connectivity index (χ1v) is 7.10. The number of aromatic hydroxyl groups is 1. The van der Waals surface area contributed by atoms with Gasteiger partial charge in [0.25, 0.3) is 0 Å². The SMILES string of the molecule is CCC/C(=N\OCC)c1c(O)c2ccc(Cl)cc2oc1=O. The molecule has 21 heavy (non-hydrogen) atoms. The van der Waals surface area contributed by atoms with Crippen molar-refractivity contribution >= 4 is 28.3 Å². The molecule has 0 radical (unpaired) electrons. The monoisotopic (exact) mass is 309 g/mol. The molecule has 1 heterocycles. The molecule has 6 heteroatoms. The number of hydrogen-bond acceptors (Lipinski definition) is 5. The Morgan fingerprint density at radius 1 is 1.43 bits per heavy atom. The summed E-state index contributed by atoms with van der Waals surface area (Å²) in [7, 11) is 0. The molecule has 0 amide bonds. The van der Waals surface area contributed by atoms with Crippen LogP contribution in [0, 0.1) is 0 Å². The molecule has 0 aliphatic carbocycles. The third-order valence-corrected chi connectivity index (χ3v) is 3.16. The molecule has 1 aromatic carbocycles. The van der Waals surface area contributed by atoms with E-state index in [1.807, 2.05) is 6.92 Å². The van der Waals surface area contributed by atoms with Gasteiger partial charge >= 0.3 is 5.63 Å². The number of nitrogens with zero attached hydrogens (tertiary/aromatic N) is 1. The minimum absolute atomic E-state index is 0.0418. The van der Waals surface area contributed by atoms with Gasteiger partial charge in [0, 0.05) is 11.1 Å². The largest absolute Gasteiger partial charge is 0.506 e. The van der Waals surface area contributed by atoms with Crippen LogP contribution in [0.4, 0.5) is 0 Å². The lowest BCUT2D eigenvalue weighted by molar-refractivity contribution is 0.158. The van der Waals surface area contributed by atoms with Gasteiger partial charge in [-0.3, -0.25) is 0 Å². The van der Waals surface area contributed by atoms with Gasteiger partial charge in [-0.15, -0.1) is 0 Å². The van der Waals surface area contributed by atoms with Crippen LogP contribution in [0.25, 0.3) is 11.0 Å². The maximum absolute atomic E-state index is 12.1. The lowest BCUT2D eigenvalue weighted by Gasteiger charge is -2.08. The van der Waals surface area contributed by atoms with Crippen molar-refractivity contribution in [3.63, 3.8) is 0 Å². The number of benzene rings is 1. The van der Waals surface area contributed by atoms with E-state index in [9.17, 15) is 9.90 Å². The zero-order valence-corrected chi connectivity index (χ0v) is 12.6. The molecule has 0 aliphatic heterocycles. The Morgan fingerprint density at radius 3 is 2.86 bits per heavy atom. The normalized spacial score (nSPS) is 11.9. The van der Waals surface area contributed by atoms with Gasteiger partial charge in [-0.05, 0) is 25.5 Å². The van der Waals surface area contributed by atoms with Crippen molar-refractivity contribution in [3.05, 3.63) is 39.2 Å². The van der Waals surface area contributed by atoms with Crippen molar-refractivity contribution in [1.29, 1.82) is 0 Å². The fraction of sp³-hybridized carbons (Fsp3) is 0.333. The average Bonchev–Trinajstić information content (AvgIpc) is 2.44. The van der Waals surface area contributed by atoms with Crippen LogP contribution in [-0.2, 0) is 4.84 Å². The van der Waals surface area contributed by atoms with Crippen LogP contribution in [0.15, 0.2) is 32.6 Å². The van der Waals surface area contributed by atoms with Crippen LogP contribution < -0.4 is 5.63 Å². The smallest absolute Gasteiger partial charge is 0.349 e. The number of fused-ring (bicyclic) bond motifs is 1. The molecule has 112 valence electrons. The molecular formula is C15H16ClNO4. The number of rotatable bonds is 5. The van der Waals surface area contributed by atoms with Gasteiger partial charge in [0.15, 0.2) is 0 Å². The van der Waals surface area contributed by atoms with Crippen LogP contribution in [-0.4, -0.2) is 17.4 Å². The highest BCUT2D eigenvalue weighted by molar-refractivity contribution is 6.31. The summed E-state index contributed by atoms with van der Waals surface area (Å²) < 4.78 is 5.23. The van der Waals surface area contributed by atoms with Gasteiger partial charge < -0.3 is 14.4 Å². The lowest BCUT2D eigenvalue weighted by Crippen LogP contribution is -2.15. The van der Waals surface area contributed by atoms with Gasteiger partial charge in [-0.25, -0.2) is 4.79 Å². The van der Waals surface area contributed by atoms with Gasteiger partial charge in [0.1, 0.15) is 23.5 Å². The number of halogens is 1. The number of hydrogen-bond donors (Lipinski definition) is 1. The molecule has 0 fully saturated rings. The van der Waals surface area contributed by atoms with E-state index in [1.54, 1.807) is 19.1 Å². The van der Waals surface area contributed by atoms with E-state index in [-0.39, 0.29) is 16.9 Å². The first-order valence-electron chi connectivity index (χ1n) is 6.73. The minimum atomic E-state index is -0.658. The number of oxime groups is 1. The van der Waals surface area contributed by atoms with Gasteiger partial charge in [0.05, 0.1) is 11.1 Å². The predicted molar refractivity (Wildman–Crippen MR) is 82.2 cm³/mol. The molecular weight excluding hydrogens is 294 g/mol. The van der Waals surface area contributed by atoms with Crippen molar-refractivity contribution in [1.82, 2.24) is 0 Å². The molecule has 0 saturated carbocycles. The molecule has 0 saturated heterocycles. The summed E-state index contributed by atoms with van der Waals surface area (Å²) in [6, 6.07) is 4.71. The molecule has 0 spiro atoms. The van der Waals surface area contributed by atoms with E-state index < -0.39 is 5.63 Å². The molecule has 2 rings (SSSR count). The van der Waals surface area contributed by atoms with Crippen LogP contribution in [0.5, 0.6) is 5.75 Å². The van der Waals surface area contributed by atoms with E-state index in [4.69, 9.17) is 20.9 Å². The van der Waals surface area contributed by atoms with Crippen LogP contribution >= 0.6 is 11.6 Å². The van der Waals surface area contributed by atoms with E-state index in [2.05, 4.69) is 5.16 Å². The van der Waals surface area contributed by atoms with Crippen LogP contribution in [0.2, 0.25) is 5.02 Å². The predicted octanol–water partition coefficient (Wildman–Crippen LogP) is 3.69. The summed E-state index contributed by atoms with van der Waals surface area (Å²) in [4.78, 5) is 17.2. The minimum Gasteiger partial charge on any atom is -0.506 e. The zero-order valence-electron chi connectivity index (χ0n) is 11.9. The molecule has 2 aromatic rings. The summed E-state index contributed by atoms with van der Waals surface area (Å²) in [5.41, 5.74) is -0.00208. The Labute approximate surface area is 126 Å². The molecule has 1 N–H and O–H groups in total. The first kappa shape index (κ1) is 15.4. The topological polar surface area (TPSA) is 72.0 Å². The Morgan fingerprint density at radius 2 is 2.19 bits per heavy atom. The van der Waals surface area contributed by atoms with Gasteiger partial charge in [-0.2, -0.15) is 0 Å². The second kappa shape index (κ2) is 6.63. The molecule has 0 unspecified atom stereocenters. The second-order valence-corrected chi connectivity index (χ2v) is 4.90. The maximum Gasteiger partial charge on any atom is 0.349 e. The van der Waals surface area contributed by atoms with Crippen LogP contribution in [0.1, 0.15) is 32.3 Å². The summed E-state index contributed by atoms with van der Waals surface area (Å²) in [6.45, 7) is 4.11. The highest BCUT2D eigenvalue weighted by Crippen LogP contribution is 2.29. The third kappa shape index (κ3) is 3.19. The summed E-state index contributed by atoms with van der Waals surface area (Å²) in [5.74, 6) is -0.162. The summed E-state index contributed by atoms with van der Waals surface area (Å²) in [5, 5.41) is 15.1. The van der Waals surface area contributed by atoms with Crippen LogP contribution in [0.3, 0.4) is 0 Å². The molecule has 0 bridgehead atoms. The summed E-state index contributed by atoms with van der Waals surface area (Å²) >= 11 is 5.86. The lowest BCUT2D eigenvalue weighted by atomic mass is 10.0. The highest BCUT2D eigenvalue weighted by atomic mass is 35.5. The van der Waals surface area contributed by atoms with E-state index >= 15 is 0 Å². The Kier molecular flexibility index (Phi) is 4.85. The van der Waals surface area contributed by atoms with Crippen molar-refractivity contribution < 1.29 is 14.4 Å². The summed E-state index contributed by atoms with van der Waals surface area (Å²) in [6.07, 6.45) is 1.25. The highest BCUT2D eigenvalue weighted by Gasteiger charge is 2.19. The van der Waals surface area contributed by atoms with Gasteiger partial charge in [-0.1, -0.05) is 30.1 Å². The quantitative estimate of drug-likeness (QED) is 0.519. The molecule has 0 atom stereocenters. The Hall–Kier alpha value is -2.01. The molecule has 1 aromatic heterocycles. The van der Waals surface area contributed by atoms with Crippen molar-refractivity contribution in [2.45, 2.75) is 26.7 Å². The molecule has 5 nitrogen and oxygen atoms in total. The molecule has 0 aliphatic rings. The van der Waals surface area contributed by atoms with E-state index in [1.165, 1.54) is 6.07 Å².